The van der Waals surface area contributed by atoms with Gasteiger partial charge in [-0.05, 0) is 36.6 Å². The molecule has 0 atom stereocenters. The minimum atomic E-state index is -3.43. The lowest BCUT2D eigenvalue weighted by Gasteiger charge is -2.29. The van der Waals surface area contributed by atoms with E-state index in [0.717, 1.165) is 19.1 Å². The normalized spacial score (nSPS) is 22.7. The number of nitrogens with one attached hydrogen (secondary N) is 2. The van der Waals surface area contributed by atoms with Gasteiger partial charge in [0.2, 0.25) is 10.0 Å². The minimum Gasteiger partial charge on any atom is -0.489 e. The van der Waals surface area contributed by atoms with E-state index in [1.54, 1.807) is 24.3 Å². The highest BCUT2D eigenvalue weighted by molar-refractivity contribution is 7.92. The number of ketones is 1. The number of benzene rings is 1. The predicted molar refractivity (Wildman–Crippen MR) is 110 cm³/mol. The Balaban J connectivity index is 1.58. The molecule has 29 heavy (non-hydrogen) atoms. The van der Waals surface area contributed by atoms with E-state index < -0.39 is 15.6 Å². The standard InChI is InChI=1S/C19H19N3O5S2/c1-29(25,26)22-6-7-27-14-3-2-11(8-13(14)22)9-15-17(24)21-18(28-15)12-10-20-19(4-5-19)16(12)23/h2-3,8-9,20H,4-7,10H2,1H3,(H,21,24)/b15-9-,18-12+. The molecule has 0 bridgehead atoms. The van der Waals surface area contributed by atoms with E-state index in [4.69, 9.17) is 4.74 Å². The molecule has 2 N–H and O–H groups in total. The topological polar surface area (TPSA) is 109 Å². The molecule has 1 aliphatic carbocycles. The molecule has 152 valence electrons. The largest absolute Gasteiger partial charge is 0.489 e. The Hall–Kier alpha value is -2.43. The number of Topliss-reactive ketones (excluding diaryl/α,β-unsaturated/α-hetero) is 1. The minimum absolute atomic E-state index is 0.0799. The Bertz CT molecular complexity index is 1320. The van der Waals surface area contributed by atoms with Gasteiger partial charge in [0, 0.05) is 12.1 Å². The van der Waals surface area contributed by atoms with Crippen molar-refractivity contribution >= 4 is 44.5 Å². The van der Waals surface area contributed by atoms with Gasteiger partial charge in [-0.3, -0.25) is 13.9 Å². The van der Waals surface area contributed by atoms with Gasteiger partial charge in [-0.2, -0.15) is 0 Å². The second kappa shape index (κ2) is 6.28. The molecule has 8 nitrogen and oxygen atoms in total. The molecule has 1 aromatic heterocycles. The third kappa shape index (κ3) is 3.11. The first-order valence-corrected chi connectivity index (χ1v) is 11.9. The van der Waals surface area contributed by atoms with Crippen LogP contribution < -0.4 is 29.1 Å². The van der Waals surface area contributed by atoms with Gasteiger partial charge in [0.05, 0.1) is 28.6 Å². The molecular weight excluding hydrogens is 414 g/mol. The average Bonchev–Trinajstić information content (AvgIpc) is 3.28. The van der Waals surface area contributed by atoms with Crippen molar-refractivity contribution in [2.45, 2.75) is 18.4 Å². The van der Waals surface area contributed by atoms with Crippen molar-refractivity contribution in [2.75, 3.05) is 30.3 Å². The number of rotatable bonds is 2. The number of nitrogens with zero attached hydrogens (tertiary/aromatic N) is 1. The first kappa shape index (κ1) is 18.6. The number of hydrogen-bond acceptors (Lipinski definition) is 7. The molecule has 2 aromatic rings. The highest BCUT2D eigenvalue weighted by Crippen LogP contribution is 2.41. The maximum Gasteiger partial charge on any atom is 0.266 e. The van der Waals surface area contributed by atoms with Crippen LogP contribution in [0.3, 0.4) is 0 Å². The van der Waals surface area contributed by atoms with Crippen LogP contribution in [0.5, 0.6) is 5.75 Å². The van der Waals surface area contributed by atoms with Gasteiger partial charge in [-0.1, -0.05) is 6.07 Å². The zero-order valence-corrected chi connectivity index (χ0v) is 17.3. The number of sulfonamides is 1. The van der Waals surface area contributed by atoms with E-state index in [-0.39, 0.29) is 17.9 Å². The summed E-state index contributed by atoms with van der Waals surface area (Å²) in [4.78, 5) is 27.8. The fraction of sp³-hybridized carbons (Fsp3) is 0.368. The summed E-state index contributed by atoms with van der Waals surface area (Å²) in [5.74, 6) is 0.573. The summed E-state index contributed by atoms with van der Waals surface area (Å²) in [6.45, 7) is 1.00. The van der Waals surface area contributed by atoms with Crippen LogP contribution in [0, 0.1) is 0 Å². The number of fused-ring (bicyclic) bond motifs is 1. The van der Waals surface area contributed by atoms with Crippen LogP contribution in [0.4, 0.5) is 5.69 Å². The fourth-order valence-corrected chi connectivity index (χ4v) is 5.69. The van der Waals surface area contributed by atoms with Crippen LogP contribution in [0.15, 0.2) is 23.0 Å². The van der Waals surface area contributed by atoms with Crippen molar-refractivity contribution in [1.82, 2.24) is 10.3 Å². The highest BCUT2D eigenvalue weighted by atomic mass is 32.2. The molecule has 1 spiro atoms. The molecule has 3 heterocycles. The summed E-state index contributed by atoms with van der Waals surface area (Å²) < 4.78 is 32.1. The van der Waals surface area contributed by atoms with Crippen molar-refractivity contribution in [3.63, 3.8) is 0 Å². The first-order valence-electron chi connectivity index (χ1n) is 9.25. The average molecular weight is 434 g/mol. The Kier molecular flexibility index (Phi) is 4.03. The first-order chi connectivity index (χ1) is 13.8. The Morgan fingerprint density at radius 1 is 1.28 bits per heavy atom. The molecule has 0 amide bonds. The number of carbonyl (C=O) groups excluding carboxylic acids is 1. The monoisotopic (exact) mass is 433 g/mol. The Morgan fingerprint density at radius 3 is 2.76 bits per heavy atom. The van der Waals surface area contributed by atoms with Crippen molar-refractivity contribution in [2.24, 2.45) is 0 Å². The Morgan fingerprint density at radius 2 is 2.07 bits per heavy atom. The van der Waals surface area contributed by atoms with Gasteiger partial charge in [0.1, 0.15) is 17.0 Å². The molecule has 0 unspecified atom stereocenters. The van der Waals surface area contributed by atoms with Gasteiger partial charge in [-0.25, -0.2) is 8.42 Å². The number of aromatic amines is 1. The number of anilines is 1. The van der Waals surface area contributed by atoms with E-state index in [1.807, 2.05) is 0 Å². The lowest BCUT2D eigenvalue weighted by molar-refractivity contribution is -0.115. The SMILES string of the molecule is CS(=O)(=O)N1CCOc2ccc(/C=c3\s/c(=C4\CNC5(CC5)C4=O)[nH]c3=O)cc21. The van der Waals surface area contributed by atoms with Crippen LogP contribution >= 0.6 is 11.3 Å². The second-order valence-electron chi connectivity index (χ2n) is 7.55. The molecule has 0 radical (unpaired) electrons. The zero-order chi connectivity index (χ0) is 20.4. The maximum atomic E-state index is 12.6. The smallest absolute Gasteiger partial charge is 0.266 e. The van der Waals surface area contributed by atoms with Crippen LogP contribution in [-0.2, 0) is 14.8 Å². The lowest BCUT2D eigenvalue weighted by Crippen LogP contribution is -2.37. The summed E-state index contributed by atoms with van der Waals surface area (Å²) in [6.07, 6.45) is 4.55. The van der Waals surface area contributed by atoms with Gasteiger partial charge in [-0.15, -0.1) is 11.3 Å². The second-order valence-corrected chi connectivity index (χ2v) is 10.5. The van der Waals surface area contributed by atoms with Crippen molar-refractivity contribution in [3.8, 4) is 5.75 Å². The van der Waals surface area contributed by atoms with Crippen molar-refractivity contribution < 1.29 is 17.9 Å². The van der Waals surface area contributed by atoms with Crippen LogP contribution in [0.1, 0.15) is 18.4 Å². The number of H-pyrrole nitrogens is 1. The molecule has 1 saturated heterocycles. The summed E-state index contributed by atoms with van der Waals surface area (Å²) in [5, 5.41) is 3.25. The summed E-state index contributed by atoms with van der Waals surface area (Å²) >= 11 is 1.24. The third-order valence-corrected chi connectivity index (χ3v) is 7.76. The van der Waals surface area contributed by atoms with Gasteiger partial charge < -0.3 is 15.0 Å². The molecule has 2 fully saturated rings. The van der Waals surface area contributed by atoms with Crippen molar-refractivity contribution in [3.05, 3.63) is 43.3 Å². The van der Waals surface area contributed by atoms with E-state index in [9.17, 15) is 18.0 Å². The molecular formula is C19H19N3O5S2. The van der Waals surface area contributed by atoms with Crippen molar-refractivity contribution in [1.29, 1.82) is 0 Å². The van der Waals surface area contributed by atoms with Crippen LogP contribution in [0.25, 0.3) is 11.6 Å². The third-order valence-electron chi connectivity index (χ3n) is 5.50. The quantitative estimate of drug-likeness (QED) is 0.647. The van der Waals surface area contributed by atoms with Gasteiger partial charge in [0.15, 0.2) is 5.78 Å². The molecule has 1 saturated carbocycles. The van der Waals surface area contributed by atoms with Gasteiger partial charge in [0.25, 0.3) is 5.56 Å². The predicted octanol–water partition coefficient (Wildman–Crippen LogP) is -0.721. The number of thiazole rings is 1. The maximum absolute atomic E-state index is 12.6. The van der Waals surface area contributed by atoms with Crippen LogP contribution in [-0.4, -0.2) is 50.7 Å². The molecule has 3 aliphatic rings. The summed E-state index contributed by atoms with van der Waals surface area (Å²) in [5.41, 5.74) is 1.11. The number of carbonyl (C=O) groups is 1. The zero-order valence-electron chi connectivity index (χ0n) is 15.6. The fourth-order valence-electron chi connectivity index (χ4n) is 3.79. The lowest BCUT2D eigenvalue weighted by atomic mass is 10.1. The summed E-state index contributed by atoms with van der Waals surface area (Å²) in [7, 11) is -3.43. The highest BCUT2D eigenvalue weighted by Gasteiger charge is 2.54. The van der Waals surface area contributed by atoms with Gasteiger partial charge >= 0.3 is 0 Å². The van der Waals surface area contributed by atoms with Crippen LogP contribution in [0.2, 0.25) is 0 Å². The number of aromatic nitrogens is 1. The molecule has 2 aliphatic heterocycles. The van der Waals surface area contributed by atoms with E-state index in [2.05, 4.69) is 10.3 Å². The number of ether oxygens (including phenoxy) is 1. The van der Waals surface area contributed by atoms with E-state index in [1.165, 1.54) is 15.6 Å². The number of hydrogen-bond donors (Lipinski definition) is 2. The Labute approximate surface area is 170 Å². The summed E-state index contributed by atoms with van der Waals surface area (Å²) in [6, 6.07) is 5.18. The molecule has 10 heteroatoms. The van der Waals surface area contributed by atoms with E-state index in [0.29, 0.717) is 44.9 Å². The molecule has 1 aromatic carbocycles. The van der Waals surface area contributed by atoms with E-state index >= 15 is 0 Å². The molecule has 5 rings (SSSR count).